The molecule has 2 rings (SSSR count). The summed E-state index contributed by atoms with van der Waals surface area (Å²) in [5.41, 5.74) is -0.0755. The van der Waals surface area contributed by atoms with Gasteiger partial charge in [0, 0.05) is 21.5 Å². The highest BCUT2D eigenvalue weighted by molar-refractivity contribution is 9.10. The van der Waals surface area contributed by atoms with Gasteiger partial charge in [0.1, 0.15) is 0 Å². The van der Waals surface area contributed by atoms with Crippen LogP contribution in [0.15, 0.2) is 28.1 Å². The SMILES string of the molecule is COc1ccc([N+](=O)[O-])c(NCc2sccc2Br)n1. The van der Waals surface area contributed by atoms with E-state index in [0.717, 1.165) is 9.35 Å². The Morgan fingerprint density at radius 3 is 2.89 bits per heavy atom. The van der Waals surface area contributed by atoms with Gasteiger partial charge in [-0.25, -0.2) is 0 Å². The van der Waals surface area contributed by atoms with Gasteiger partial charge in [-0.1, -0.05) is 0 Å². The lowest BCUT2D eigenvalue weighted by Crippen LogP contribution is -2.05. The summed E-state index contributed by atoms with van der Waals surface area (Å²) in [6.07, 6.45) is 0. The third-order valence-electron chi connectivity index (χ3n) is 2.36. The minimum absolute atomic E-state index is 0.0755. The zero-order valence-electron chi connectivity index (χ0n) is 9.92. The van der Waals surface area contributed by atoms with Crippen molar-refractivity contribution in [1.82, 2.24) is 4.98 Å². The van der Waals surface area contributed by atoms with Crippen molar-refractivity contribution in [3.63, 3.8) is 0 Å². The fraction of sp³-hybridized carbons (Fsp3) is 0.182. The Bertz CT molecular complexity index is 603. The first kappa shape index (κ1) is 13.8. The number of nitrogens with one attached hydrogen (secondary N) is 1. The summed E-state index contributed by atoms with van der Waals surface area (Å²) in [6, 6.07) is 4.76. The van der Waals surface area contributed by atoms with Crippen molar-refractivity contribution >= 4 is 38.8 Å². The van der Waals surface area contributed by atoms with Crippen molar-refractivity contribution in [3.8, 4) is 5.88 Å². The van der Waals surface area contributed by atoms with Crippen LogP contribution in [-0.2, 0) is 6.54 Å². The van der Waals surface area contributed by atoms with Crippen molar-refractivity contribution in [1.29, 1.82) is 0 Å². The van der Waals surface area contributed by atoms with E-state index in [0.29, 0.717) is 12.4 Å². The average molecular weight is 344 g/mol. The van der Waals surface area contributed by atoms with E-state index in [4.69, 9.17) is 4.74 Å². The Balaban J connectivity index is 2.22. The number of thiophene rings is 1. The summed E-state index contributed by atoms with van der Waals surface area (Å²) in [4.78, 5) is 15.6. The van der Waals surface area contributed by atoms with Crippen molar-refractivity contribution in [2.75, 3.05) is 12.4 Å². The van der Waals surface area contributed by atoms with Crippen molar-refractivity contribution < 1.29 is 9.66 Å². The molecule has 0 fully saturated rings. The van der Waals surface area contributed by atoms with Crippen LogP contribution in [0.4, 0.5) is 11.5 Å². The Hall–Kier alpha value is -1.67. The highest BCUT2D eigenvalue weighted by atomic mass is 79.9. The van der Waals surface area contributed by atoms with E-state index in [1.807, 2.05) is 11.4 Å². The molecule has 100 valence electrons. The van der Waals surface area contributed by atoms with E-state index in [9.17, 15) is 10.1 Å². The van der Waals surface area contributed by atoms with Gasteiger partial charge in [-0.05, 0) is 27.4 Å². The maximum absolute atomic E-state index is 10.9. The number of nitrogens with zero attached hydrogens (tertiary/aromatic N) is 2. The molecule has 0 saturated heterocycles. The van der Waals surface area contributed by atoms with Crippen molar-refractivity contribution in [2.24, 2.45) is 0 Å². The van der Waals surface area contributed by atoms with Crippen LogP contribution >= 0.6 is 27.3 Å². The lowest BCUT2D eigenvalue weighted by molar-refractivity contribution is -0.384. The van der Waals surface area contributed by atoms with Crippen molar-refractivity contribution in [3.05, 3.63) is 43.0 Å². The highest BCUT2D eigenvalue weighted by Gasteiger charge is 2.16. The molecule has 0 unspecified atom stereocenters. The second-order valence-corrected chi connectivity index (χ2v) is 5.38. The van der Waals surface area contributed by atoms with Crippen LogP contribution in [0.1, 0.15) is 4.88 Å². The molecule has 0 atom stereocenters. The zero-order valence-corrected chi connectivity index (χ0v) is 12.3. The lowest BCUT2D eigenvalue weighted by Gasteiger charge is -2.07. The molecule has 2 aromatic heterocycles. The van der Waals surface area contributed by atoms with Crippen LogP contribution in [0.25, 0.3) is 0 Å². The summed E-state index contributed by atoms with van der Waals surface area (Å²) in [6.45, 7) is 0.458. The summed E-state index contributed by atoms with van der Waals surface area (Å²) in [7, 11) is 1.47. The molecule has 0 aliphatic carbocycles. The van der Waals surface area contributed by atoms with Gasteiger partial charge in [0.15, 0.2) is 0 Å². The summed E-state index contributed by atoms with van der Waals surface area (Å²) in [5, 5.41) is 15.8. The largest absolute Gasteiger partial charge is 0.481 e. The van der Waals surface area contributed by atoms with Crippen LogP contribution in [0.5, 0.6) is 5.88 Å². The van der Waals surface area contributed by atoms with E-state index in [-0.39, 0.29) is 11.5 Å². The fourth-order valence-corrected chi connectivity index (χ4v) is 2.87. The lowest BCUT2D eigenvalue weighted by atomic mass is 10.3. The Morgan fingerprint density at radius 2 is 2.32 bits per heavy atom. The van der Waals surface area contributed by atoms with Crippen molar-refractivity contribution in [2.45, 2.75) is 6.54 Å². The number of methoxy groups -OCH3 is 1. The second kappa shape index (κ2) is 5.98. The Morgan fingerprint density at radius 1 is 1.53 bits per heavy atom. The van der Waals surface area contributed by atoms with Gasteiger partial charge in [-0.15, -0.1) is 11.3 Å². The molecular formula is C11H10BrN3O3S. The number of hydrogen-bond acceptors (Lipinski definition) is 6. The maximum atomic E-state index is 10.9. The first-order chi connectivity index (χ1) is 9.11. The normalized spacial score (nSPS) is 10.2. The number of hydrogen-bond donors (Lipinski definition) is 1. The third-order valence-corrected chi connectivity index (χ3v) is 4.29. The Labute approximate surface area is 121 Å². The zero-order chi connectivity index (χ0) is 13.8. The van der Waals surface area contributed by atoms with E-state index in [2.05, 4.69) is 26.2 Å². The number of halogens is 1. The van der Waals surface area contributed by atoms with Gasteiger partial charge < -0.3 is 10.1 Å². The quantitative estimate of drug-likeness (QED) is 0.664. The van der Waals surface area contributed by atoms with Gasteiger partial charge >= 0.3 is 5.69 Å². The molecule has 0 saturated carbocycles. The van der Waals surface area contributed by atoms with Crippen LogP contribution in [0, 0.1) is 10.1 Å². The fourth-order valence-electron chi connectivity index (χ4n) is 1.44. The molecule has 0 radical (unpaired) electrons. The standard InChI is InChI=1S/C11H10BrN3O3S/c1-18-10-3-2-8(15(16)17)11(14-10)13-6-9-7(12)4-5-19-9/h2-5H,6H2,1H3,(H,13,14). The van der Waals surface area contributed by atoms with Crippen LogP contribution in [0.2, 0.25) is 0 Å². The summed E-state index contributed by atoms with van der Waals surface area (Å²) in [5.74, 6) is 0.531. The van der Waals surface area contributed by atoms with Gasteiger partial charge in [0.2, 0.25) is 11.7 Å². The number of aromatic nitrogens is 1. The van der Waals surface area contributed by atoms with E-state index in [1.165, 1.54) is 19.2 Å². The Kier molecular flexibility index (Phi) is 4.33. The van der Waals surface area contributed by atoms with Gasteiger partial charge in [-0.2, -0.15) is 4.98 Å². The molecule has 0 aliphatic heterocycles. The monoisotopic (exact) mass is 343 g/mol. The number of anilines is 1. The minimum atomic E-state index is -0.474. The molecule has 0 aromatic carbocycles. The third kappa shape index (κ3) is 3.21. The topological polar surface area (TPSA) is 77.3 Å². The van der Waals surface area contributed by atoms with Crippen LogP contribution in [-0.4, -0.2) is 17.0 Å². The molecule has 0 aliphatic rings. The van der Waals surface area contributed by atoms with E-state index >= 15 is 0 Å². The average Bonchev–Trinajstić information content (AvgIpc) is 2.81. The predicted molar refractivity (Wildman–Crippen MR) is 76.8 cm³/mol. The molecule has 0 spiro atoms. The smallest absolute Gasteiger partial charge is 0.311 e. The van der Waals surface area contributed by atoms with E-state index in [1.54, 1.807) is 11.3 Å². The van der Waals surface area contributed by atoms with Gasteiger partial charge in [-0.3, -0.25) is 10.1 Å². The van der Waals surface area contributed by atoms with E-state index < -0.39 is 4.92 Å². The summed E-state index contributed by atoms with van der Waals surface area (Å²) < 4.78 is 5.94. The minimum Gasteiger partial charge on any atom is -0.481 e. The van der Waals surface area contributed by atoms with Crippen LogP contribution in [0.3, 0.4) is 0 Å². The number of ether oxygens (including phenoxy) is 1. The molecule has 2 heterocycles. The number of nitro groups is 1. The molecule has 19 heavy (non-hydrogen) atoms. The maximum Gasteiger partial charge on any atom is 0.311 e. The molecule has 0 bridgehead atoms. The summed E-state index contributed by atoms with van der Waals surface area (Å²) >= 11 is 4.96. The first-order valence-electron chi connectivity index (χ1n) is 5.27. The highest BCUT2D eigenvalue weighted by Crippen LogP contribution is 2.28. The van der Waals surface area contributed by atoms with Crippen LogP contribution < -0.4 is 10.1 Å². The molecule has 6 nitrogen and oxygen atoms in total. The molecular weight excluding hydrogens is 334 g/mol. The number of rotatable bonds is 5. The first-order valence-corrected chi connectivity index (χ1v) is 6.94. The predicted octanol–water partition coefficient (Wildman–Crippen LogP) is 3.43. The molecule has 0 amide bonds. The van der Waals surface area contributed by atoms with Gasteiger partial charge in [0.25, 0.3) is 0 Å². The molecule has 1 N–H and O–H groups in total. The number of pyridine rings is 1. The van der Waals surface area contributed by atoms with Gasteiger partial charge in [0.05, 0.1) is 18.6 Å². The molecule has 8 heteroatoms. The second-order valence-electron chi connectivity index (χ2n) is 3.52. The molecule has 2 aromatic rings.